The Morgan fingerprint density at radius 2 is 1.26 bits per heavy atom. The van der Waals surface area contributed by atoms with Gasteiger partial charge in [0.25, 0.3) is 0 Å². The summed E-state index contributed by atoms with van der Waals surface area (Å²) in [5.74, 6) is 0. The second-order valence-electron chi connectivity index (χ2n) is 6.60. The van der Waals surface area contributed by atoms with Crippen molar-refractivity contribution in [2.24, 2.45) is 0 Å². The normalized spacial score (nSPS) is 13.3. The average Bonchev–Trinajstić information content (AvgIpc) is 2.73. The van der Waals surface area contributed by atoms with E-state index in [0.717, 1.165) is 19.3 Å². The fourth-order valence-electron chi connectivity index (χ4n) is 2.00. The van der Waals surface area contributed by atoms with Crippen LogP contribution in [0.5, 0.6) is 0 Å². The Bertz CT molecular complexity index is 374. The second kappa shape index (κ2) is 28.2. The van der Waals surface area contributed by atoms with Gasteiger partial charge in [0.15, 0.2) is 0 Å². The Morgan fingerprint density at radius 3 is 1.74 bits per heavy atom. The summed E-state index contributed by atoms with van der Waals surface area (Å²) < 4.78 is 24.7. The van der Waals surface area contributed by atoms with Gasteiger partial charge in [-0.2, -0.15) is 5.26 Å². The molecule has 0 saturated heterocycles. The van der Waals surface area contributed by atoms with Crippen molar-refractivity contribution in [1.29, 1.82) is 5.26 Å². The first-order chi connectivity index (χ1) is 14.5. The summed E-state index contributed by atoms with van der Waals surface area (Å²) in [7, 11) is 6.31. The Balaban J connectivity index is -0.000000560. The van der Waals surface area contributed by atoms with E-state index in [4.69, 9.17) is 24.6 Å². The molecule has 0 aromatic heterocycles. The van der Waals surface area contributed by atoms with Crippen molar-refractivity contribution >= 4 is 0 Å². The molecule has 0 heterocycles. The smallest absolute Gasteiger partial charge is 0.0976 e. The third kappa shape index (κ3) is 30.5. The second-order valence-corrected chi connectivity index (χ2v) is 6.60. The van der Waals surface area contributed by atoms with Gasteiger partial charge in [0.1, 0.15) is 0 Å². The molecule has 0 rings (SSSR count). The maximum atomic E-state index is 9.33. The van der Waals surface area contributed by atoms with E-state index in [-0.39, 0.29) is 25.9 Å². The zero-order valence-electron chi connectivity index (χ0n) is 19.1. The summed E-state index contributed by atoms with van der Waals surface area (Å²) in [4.78, 5) is 0. The van der Waals surface area contributed by atoms with Crippen molar-refractivity contribution in [3.63, 3.8) is 0 Å². The monoisotopic (exact) mass is 702 g/mol. The molecule has 0 spiro atoms. The van der Waals surface area contributed by atoms with Crippen molar-refractivity contribution in [3.05, 3.63) is 14.2 Å². The van der Waals surface area contributed by atoms with Crippen LogP contribution in [-0.2, 0) is 23.7 Å². The first-order valence-electron chi connectivity index (χ1n) is 10.4. The van der Waals surface area contributed by atoms with Crippen molar-refractivity contribution < 1.29 is 39.0 Å². The quantitative estimate of drug-likeness (QED) is 0.128. The fraction of sp³-hybridized carbons (Fsp3) is 0.857. The van der Waals surface area contributed by atoms with Gasteiger partial charge in [-0.25, -0.2) is 14.2 Å². The van der Waals surface area contributed by atoms with Gasteiger partial charge in [0.2, 0.25) is 0 Å². The van der Waals surface area contributed by atoms with E-state index in [1.807, 2.05) is 13.0 Å². The van der Waals surface area contributed by atoms with Crippen LogP contribution in [-0.4, -0.2) is 86.5 Å². The van der Waals surface area contributed by atoms with E-state index in [9.17, 15) is 10.2 Å². The van der Waals surface area contributed by atoms with Gasteiger partial charge in [0, 0.05) is 39.6 Å². The van der Waals surface area contributed by atoms with Gasteiger partial charge < -0.3 is 39.0 Å². The molecule has 182 valence electrons. The van der Waals surface area contributed by atoms with Crippen LogP contribution in [0, 0.1) is 25.6 Å². The van der Waals surface area contributed by atoms with E-state index < -0.39 is 12.2 Å². The van der Waals surface area contributed by atoms with Crippen LogP contribution in [0.4, 0.5) is 0 Å². The van der Waals surface area contributed by atoms with Crippen molar-refractivity contribution in [2.45, 2.75) is 63.8 Å². The minimum Gasteiger partial charge on any atom is -0.553 e. The summed E-state index contributed by atoms with van der Waals surface area (Å²) in [6, 6.07) is 1.92. The average molecular weight is 703 g/mol. The minimum absolute atomic E-state index is 0. The summed E-state index contributed by atoms with van der Waals surface area (Å²) >= 11 is 0. The van der Waals surface area contributed by atoms with Gasteiger partial charge in [-0.1, -0.05) is 6.92 Å². The number of ether oxygens (including phenoxy) is 5. The number of rotatable bonds is 20. The molecular weight excluding hydrogens is 661 g/mol. The van der Waals surface area contributed by atoms with Crippen molar-refractivity contribution in [1.82, 2.24) is 0 Å². The first-order valence-corrected chi connectivity index (χ1v) is 10.4. The molecule has 0 aromatic carbocycles. The molecule has 3 N–H and O–H groups in total. The van der Waals surface area contributed by atoms with Crippen LogP contribution >= 0.6 is 0 Å². The van der Waals surface area contributed by atoms with Crippen LogP contribution < -0.4 is 0 Å². The molecule has 0 aliphatic heterocycles. The molecule has 3 atom stereocenters. The zero-order valence-corrected chi connectivity index (χ0v) is 25.5. The molecule has 0 saturated carbocycles. The van der Waals surface area contributed by atoms with E-state index in [1.165, 1.54) is 0 Å². The van der Waals surface area contributed by atoms with Gasteiger partial charge in [0.05, 0.1) is 44.0 Å². The summed E-state index contributed by atoms with van der Waals surface area (Å²) in [5.41, 5.74) is 0. The molecule has 0 aliphatic rings. The molecule has 10 heteroatoms. The van der Waals surface area contributed by atoms with E-state index in [2.05, 4.69) is 23.7 Å². The van der Waals surface area contributed by atoms with Crippen LogP contribution in [0.25, 0.3) is 0 Å². The molecule has 9 nitrogen and oxygen atoms in total. The van der Waals surface area contributed by atoms with Gasteiger partial charge in [-0.15, -0.1) is 0 Å². The number of aliphatic hydroxyl groups excluding tert-OH is 3. The van der Waals surface area contributed by atoms with Crippen molar-refractivity contribution in [2.75, 3.05) is 52.9 Å². The van der Waals surface area contributed by atoms with Crippen LogP contribution in [0.15, 0.2) is 0 Å². The Hall–Kier alpha value is -1.83. The molecular formula is C21H41NO8Rf-2. The topological polar surface area (TPSA) is 131 Å². The predicted octanol–water partition coefficient (Wildman–Crippen LogP) is 1.61. The molecule has 3 unspecified atom stereocenters. The summed E-state index contributed by atoms with van der Waals surface area (Å²) in [5, 5.41) is 35.7. The number of nitrogens with zero attached hydrogens (tertiary/aromatic N) is 1. The van der Waals surface area contributed by atoms with Gasteiger partial charge >= 0.3 is 0 Å². The van der Waals surface area contributed by atoms with Gasteiger partial charge in [-0.05, 0) is 32.1 Å². The third-order valence-electron chi connectivity index (χ3n) is 3.78. The largest absolute Gasteiger partial charge is 0.553 e. The maximum absolute atomic E-state index is 9.33. The molecule has 0 aromatic rings. The van der Waals surface area contributed by atoms with Crippen LogP contribution in [0.2, 0.25) is 0 Å². The number of aliphatic hydroxyl groups is 3. The Morgan fingerprint density at radius 1 is 0.742 bits per heavy atom. The first kappa shape index (κ1) is 33.8. The Labute approximate surface area is 181 Å². The summed E-state index contributed by atoms with van der Waals surface area (Å²) in [6.07, 6.45) is 2.92. The number of hydrogen-bond acceptors (Lipinski definition) is 9. The molecule has 0 bridgehead atoms. The molecule has 0 amide bonds. The number of nitriles is 1. The van der Waals surface area contributed by atoms with Crippen molar-refractivity contribution in [3.8, 4) is 6.07 Å². The fourth-order valence-corrected chi connectivity index (χ4v) is 2.00. The number of unbranched alkanes of at least 4 members (excludes halogenated alkanes) is 1. The maximum Gasteiger partial charge on any atom is 0.0976 e. The van der Waals surface area contributed by atoms with Gasteiger partial charge in [-0.3, -0.25) is 0 Å². The SMILES string of the molecule is [CH2-]OCC(O)CCOCCCCOCCC(O)CC.[CH2-]OCC(O)COCCC#N.[Rf]. The van der Waals surface area contributed by atoms with E-state index in [1.54, 1.807) is 0 Å². The predicted molar refractivity (Wildman–Crippen MR) is 112 cm³/mol. The molecule has 0 radical (unpaired) electrons. The van der Waals surface area contributed by atoms with E-state index in [0.29, 0.717) is 52.3 Å². The minimum atomic E-state index is -0.647. The van der Waals surface area contributed by atoms with Crippen LogP contribution in [0.3, 0.4) is 0 Å². The zero-order chi connectivity index (χ0) is 22.9. The molecule has 0 aliphatic carbocycles. The summed E-state index contributed by atoms with van der Waals surface area (Å²) in [6.45, 7) is 5.45. The van der Waals surface area contributed by atoms with Crippen LogP contribution in [0.1, 0.15) is 45.4 Å². The third-order valence-corrected chi connectivity index (χ3v) is 3.78. The molecule has 31 heavy (non-hydrogen) atoms. The number of hydrogen-bond donors (Lipinski definition) is 3. The standard InChI is InChI=1S/C14H29O5.C7H12NO3.Rf/c1-3-13(15)6-10-18-8-4-5-9-19-11-7-14(16)12-17-2;1-10-5-7(9)6-11-4-2-3-8;/h13-16H,2-12H2,1H3;7,9H,1-2,4-6H2;/q2*-1;. The molecule has 0 fully saturated rings. The van der Waals surface area contributed by atoms with E-state index >= 15 is 0 Å². The Kier molecular flexibility index (Phi) is 30.7.